The Morgan fingerprint density at radius 3 is 2.39 bits per heavy atom. The van der Waals surface area contributed by atoms with E-state index in [1.165, 1.54) is 4.31 Å². The normalized spacial score (nSPS) is 16.8. The summed E-state index contributed by atoms with van der Waals surface area (Å²) in [5.41, 5.74) is 2.25. The standard InChI is InChI=1S/C22H20ClF2N3O2S/c23-18-5-3-16(4-6-18)22(17-2-1-7-26-11-17)27-13-21(14-27)28(31(29)30)12-15-8-19(24)10-20(25)9-15/h1-11,21-22H,12-14H2,(H,29,30)/p-1/t22-/m1/s1. The molecule has 3 aromatic rings. The van der Waals surface area contributed by atoms with Crippen molar-refractivity contribution in [2.24, 2.45) is 0 Å². The van der Waals surface area contributed by atoms with Crippen LogP contribution < -0.4 is 0 Å². The van der Waals surface area contributed by atoms with Crippen LogP contribution in [0.25, 0.3) is 0 Å². The molecule has 2 atom stereocenters. The van der Waals surface area contributed by atoms with Gasteiger partial charge in [-0.3, -0.25) is 14.1 Å². The van der Waals surface area contributed by atoms with Crippen LogP contribution in [0.4, 0.5) is 8.78 Å². The van der Waals surface area contributed by atoms with Crippen molar-refractivity contribution in [2.45, 2.75) is 18.6 Å². The average Bonchev–Trinajstić information content (AvgIpc) is 2.70. The smallest absolute Gasteiger partial charge is 0.126 e. The fourth-order valence-electron chi connectivity index (χ4n) is 3.86. The highest BCUT2D eigenvalue weighted by Crippen LogP contribution is 2.34. The Morgan fingerprint density at radius 1 is 1.13 bits per heavy atom. The van der Waals surface area contributed by atoms with Gasteiger partial charge in [-0.15, -0.1) is 0 Å². The lowest BCUT2D eigenvalue weighted by Gasteiger charge is -2.49. The van der Waals surface area contributed by atoms with Crippen LogP contribution in [0.1, 0.15) is 22.7 Å². The van der Waals surface area contributed by atoms with Crippen molar-refractivity contribution in [2.75, 3.05) is 13.1 Å². The molecule has 0 N–H and O–H groups in total. The first kappa shape index (κ1) is 22.0. The van der Waals surface area contributed by atoms with Gasteiger partial charge in [0.2, 0.25) is 0 Å². The van der Waals surface area contributed by atoms with Crippen LogP contribution in [0.2, 0.25) is 5.02 Å². The first-order valence-corrected chi connectivity index (χ1v) is 11.0. The van der Waals surface area contributed by atoms with Gasteiger partial charge in [0.1, 0.15) is 11.6 Å². The number of pyridine rings is 1. The Labute approximate surface area is 186 Å². The van der Waals surface area contributed by atoms with E-state index >= 15 is 0 Å². The summed E-state index contributed by atoms with van der Waals surface area (Å²) < 4.78 is 52.0. The van der Waals surface area contributed by atoms with E-state index in [9.17, 15) is 17.5 Å². The second kappa shape index (κ2) is 9.50. The third-order valence-electron chi connectivity index (χ3n) is 5.30. The van der Waals surface area contributed by atoms with Gasteiger partial charge >= 0.3 is 0 Å². The molecule has 1 fully saturated rings. The molecule has 5 nitrogen and oxygen atoms in total. The van der Waals surface area contributed by atoms with Gasteiger partial charge in [-0.2, -0.15) is 0 Å². The maximum Gasteiger partial charge on any atom is 0.126 e. The molecule has 1 aliphatic rings. The molecule has 0 aliphatic carbocycles. The first-order valence-electron chi connectivity index (χ1n) is 9.61. The summed E-state index contributed by atoms with van der Waals surface area (Å²) >= 11 is 3.50. The van der Waals surface area contributed by atoms with Gasteiger partial charge < -0.3 is 4.55 Å². The molecule has 0 spiro atoms. The van der Waals surface area contributed by atoms with E-state index in [2.05, 4.69) is 9.88 Å². The molecule has 0 bridgehead atoms. The van der Waals surface area contributed by atoms with Crippen molar-refractivity contribution < 1.29 is 17.5 Å². The molecular weight excluding hydrogens is 444 g/mol. The number of rotatable bonds is 7. The van der Waals surface area contributed by atoms with Crippen LogP contribution >= 0.6 is 11.6 Å². The maximum atomic E-state index is 13.5. The molecular formula is C22H19ClF2N3O2S-. The molecule has 31 heavy (non-hydrogen) atoms. The lowest BCUT2D eigenvalue weighted by Crippen LogP contribution is -2.60. The molecule has 0 radical (unpaired) electrons. The number of nitrogens with zero attached hydrogens (tertiary/aromatic N) is 3. The van der Waals surface area contributed by atoms with Gasteiger partial charge in [-0.1, -0.05) is 29.8 Å². The van der Waals surface area contributed by atoms with E-state index in [0.717, 1.165) is 29.3 Å². The number of likely N-dealkylation sites (tertiary alicyclic amines) is 1. The van der Waals surface area contributed by atoms with Gasteiger partial charge in [0.05, 0.1) is 6.04 Å². The number of hydrogen-bond acceptors (Lipinski definition) is 4. The fraction of sp³-hybridized carbons (Fsp3) is 0.227. The van der Waals surface area contributed by atoms with Crippen molar-refractivity contribution in [1.82, 2.24) is 14.2 Å². The fourth-order valence-corrected chi connectivity index (χ4v) is 4.62. The van der Waals surface area contributed by atoms with Crippen LogP contribution in [0.15, 0.2) is 67.0 Å². The van der Waals surface area contributed by atoms with Crippen LogP contribution in [0, 0.1) is 11.6 Å². The molecule has 2 aromatic carbocycles. The van der Waals surface area contributed by atoms with Crippen molar-refractivity contribution in [3.05, 3.63) is 100 Å². The van der Waals surface area contributed by atoms with E-state index < -0.39 is 22.9 Å². The van der Waals surface area contributed by atoms with E-state index in [1.807, 2.05) is 36.4 Å². The Morgan fingerprint density at radius 2 is 1.81 bits per heavy atom. The summed E-state index contributed by atoms with van der Waals surface area (Å²) in [6, 6.07) is 14.0. The summed E-state index contributed by atoms with van der Waals surface area (Å²) in [7, 11) is 0. The van der Waals surface area contributed by atoms with Gasteiger partial charge in [0.15, 0.2) is 0 Å². The number of aromatic nitrogens is 1. The molecule has 9 heteroatoms. The Kier molecular flexibility index (Phi) is 6.74. The van der Waals surface area contributed by atoms with E-state index in [4.69, 9.17) is 11.6 Å². The molecule has 1 aliphatic heterocycles. The summed E-state index contributed by atoms with van der Waals surface area (Å²) in [5.74, 6) is -1.47. The maximum absolute atomic E-state index is 13.5. The van der Waals surface area contributed by atoms with Gasteiger partial charge in [0, 0.05) is 60.4 Å². The third kappa shape index (κ3) is 5.16. The zero-order chi connectivity index (χ0) is 22.0. The van der Waals surface area contributed by atoms with Crippen LogP contribution in [0.3, 0.4) is 0 Å². The van der Waals surface area contributed by atoms with Crippen molar-refractivity contribution in [3.8, 4) is 0 Å². The van der Waals surface area contributed by atoms with E-state index in [1.54, 1.807) is 12.4 Å². The van der Waals surface area contributed by atoms with E-state index in [0.29, 0.717) is 18.1 Å². The van der Waals surface area contributed by atoms with Crippen molar-refractivity contribution in [1.29, 1.82) is 0 Å². The van der Waals surface area contributed by atoms with Gasteiger partial charge in [-0.25, -0.2) is 13.1 Å². The SMILES string of the molecule is O=S([O-])N(Cc1cc(F)cc(F)c1)C1CN([C@H](c2ccc(Cl)cc2)c2cccnc2)C1. The summed E-state index contributed by atoms with van der Waals surface area (Å²) in [6.45, 7) is 0.837. The van der Waals surface area contributed by atoms with Crippen molar-refractivity contribution >= 4 is 22.9 Å². The number of hydrogen-bond donors (Lipinski definition) is 0. The summed E-state index contributed by atoms with van der Waals surface area (Å²) in [6.07, 6.45) is 3.48. The second-order valence-corrected chi connectivity index (χ2v) is 8.76. The average molecular weight is 463 g/mol. The molecule has 4 rings (SSSR count). The Bertz CT molecular complexity index is 1050. The predicted octanol–water partition coefficient (Wildman–Crippen LogP) is 4.08. The Balaban J connectivity index is 1.53. The zero-order valence-electron chi connectivity index (χ0n) is 16.3. The molecule has 0 saturated carbocycles. The number of halogens is 3. The highest BCUT2D eigenvalue weighted by molar-refractivity contribution is 7.76. The quantitative estimate of drug-likeness (QED) is 0.496. The monoisotopic (exact) mass is 462 g/mol. The van der Waals surface area contributed by atoms with Crippen LogP contribution in [-0.4, -0.2) is 42.1 Å². The largest absolute Gasteiger partial charge is 0.760 e. The molecule has 162 valence electrons. The summed E-state index contributed by atoms with van der Waals surface area (Å²) in [5, 5.41) is 0.630. The van der Waals surface area contributed by atoms with Gasteiger partial charge in [0.25, 0.3) is 0 Å². The van der Waals surface area contributed by atoms with Gasteiger partial charge in [-0.05, 0) is 47.0 Å². The lowest BCUT2D eigenvalue weighted by atomic mass is 9.94. The molecule has 1 aromatic heterocycles. The minimum absolute atomic E-state index is 0.0954. The highest BCUT2D eigenvalue weighted by atomic mass is 35.5. The minimum atomic E-state index is -2.53. The Hall–Kier alpha value is -2.23. The van der Waals surface area contributed by atoms with Crippen LogP contribution in [-0.2, 0) is 17.8 Å². The lowest BCUT2D eigenvalue weighted by molar-refractivity contribution is 0.0493. The molecule has 1 unspecified atom stereocenters. The minimum Gasteiger partial charge on any atom is -0.760 e. The topological polar surface area (TPSA) is 59.5 Å². The predicted molar refractivity (Wildman–Crippen MR) is 114 cm³/mol. The van der Waals surface area contributed by atoms with Crippen molar-refractivity contribution in [3.63, 3.8) is 0 Å². The van der Waals surface area contributed by atoms with Crippen LogP contribution in [0.5, 0.6) is 0 Å². The molecule has 0 amide bonds. The van der Waals surface area contributed by atoms with E-state index in [-0.39, 0.29) is 24.2 Å². The molecule has 1 saturated heterocycles. The first-order chi connectivity index (χ1) is 14.9. The second-order valence-electron chi connectivity index (χ2n) is 7.42. The number of benzene rings is 2. The zero-order valence-corrected chi connectivity index (χ0v) is 17.9. The highest BCUT2D eigenvalue weighted by Gasteiger charge is 2.38. The third-order valence-corrected chi connectivity index (χ3v) is 6.36. The molecule has 2 heterocycles. The summed E-state index contributed by atoms with van der Waals surface area (Å²) in [4.78, 5) is 6.35.